The van der Waals surface area contributed by atoms with Crippen molar-refractivity contribution in [3.05, 3.63) is 75.2 Å². The molecular formula is C20H17F2N3O3S. The standard InChI is InChI=1S/C20H17F2N3O3S/c1-11-2-4-13(5-3-11)28-9-19-24-12(10-29-19)6-18(26)25-17-7-14(20(23)27)15(21)8-16(17)22/h2-5,7-8,10H,6,9H2,1H3,(H2,23,27)(H,25,26). The van der Waals surface area contributed by atoms with E-state index in [2.05, 4.69) is 10.3 Å². The highest BCUT2D eigenvalue weighted by Gasteiger charge is 2.16. The number of halogens is 2. The first kappa shape index (κ1) is 20.4. The second kappa shape index (κ2) is 8.78. The van der Waals surface area contributed by atoms with Crippen molar-refractivity contribution in [3.63, 3.8) is 0 Å². The highest BCUT2D eigenvalue weighted by molar-refractivity contribution is 7.09. The molecule has 150 valence electrons. The van der Waals surface area contributed by atoms with E-state index in [0.29, 0.717) is 22.5 Å². The first-order chi connectivity index (χ1) is 13.8. The minimum atomic E-state index is -1.09. The molecule has 0 saturated carbocycles. The third-order valence-electron chi connectivity index (χ3n) is 3.92. The van der Waals surface area contributed by atoms with Crippen LogP contribution in [-0.2, 0) is 17.8 Å². The van der Waals surface area contributed by atoms with Gasteiger partial charge in [-0.15, -0.1) is 11.3 Å². The summed E-state index contributed by atoms with van der Waals surface area (Å²) in [6.07, 6.45) is -0.121. The predicted molar refractivity (Wildman–Crippen MR) is 105 cm³/mol. The number of rotatable bonds is 7. The molecule has 0 unspecified atom stereocenters. The van der Waals surface area contributed by atoms with Gasteiger partial charge in [0.15, 0.2) is 0 Å². The molecule has 6 nitrogen and oxygen atoms in total. The van der Waals surface area contributed by atoms with E-state index in [0.717, 1.165) is 11.6 Å². The maximum absolute atomic E-state index is 13.8. The van der Waals surface area contributed by atoms with E-state index in [9.17, 15) is 18.4 Å². The van der Waals surface area contributed by atoms with Crippen LogP contribution in [0.2, 0.25) is 0 Å². The van der Waals surface area contributed by atoms with Gasteiger partial charge in [0.1, 0.15) is 29.0 Å². The summed E-state index contributed by atoms with van der Waals surface area (Å²) in [5, 5.41) is 4.67. The molecule has 29 heavy (non-hydrogen) atoms. The lowest BCUT2D eigenvalue weighted by molar-refractivity contribution is -0.115. The highest BCUT2D eigenvalue weighted by atomic mass is 32.1. The van der Waals surface area contributed by atoms with Gasteiger partial charge in [0.2, 0.25) is 5.91 Å². The number of aromatic nitrogens is 1. The van der Waals surface area contributed by atoms with Crippen molar-refractivity contribution in [2.24, 2.45) is 5.73 Å². The van der Waals surface area contributed by atoms with Crippen LogP contribution in [0.3, 0.4) is 0 Å². The summed E-state index contributed by atoms with van der Waals surface area (Å²) in [4.78, 5) is 27.7. The average molecular weight is 417 g/mol. The Morgan fingerprint density at radius 3 is 2.59 bits per heavy atom. The van der Waals surface area contributed by atoms with Crippen LogP contribution in [-0.4, -0.2) is 16.8 Å². The van der Waals surface area contributed by atoms with E-state index < -0.39 is 29.0 Å². The van der Waals surface area contributed by atoms with E-state index in [1.807, 2.05) is 31.2 Å². The Morgan fingerprint density at radius 1 is 1.17 bits per heavy atom. The molecule has 2 amide bonds. The van der Waals surface area contributed by atoms with E-state index in [4.69, 9.17) is 10.5 Å². The molecule has 0 aliphatic heterocycles. The van der Waals surface area contributed by atoms with Crippen molar-refractivity contribution in [2.75, 3.05) is 5.32 Å². The lowest BCUT2D eigenvalue weighted by Gasteiger charge is -2.08. The summed E-state index contributed by atoms with van der Waals surface area (Å²) in [6.45, 7) is 2.23. The topological polar surface area (TPSA) is 94.3 Å². The first-order valence-electron chi connectivity index (χ1n) is 8.53. The monoisotopic (exact) mass is 417 g/mol. The van der Waals surface area contributed by atoms with Crippen molar-refractivity contribution in [1.29, 1.82) is 0 Å². The lowest BCUT2D eigenvalue weighted by Crippen LogP contribution is -2.18. The number of hydrogen-bond donors (Lipinski definition) is 2. The van der Waals surface area contributed by atoms with Gasteiger partial charge in [-0.05, 0) is 25.1 Å². The normalized spacial score (nSPS) is 10.6. The molecule has 0 spiro atoms. The summed E-state index contributed by atoms with van der Waals surface area (Å²) in [6, 6.07) is 8.95. The predicted octanol–water partition coefficient (Wildman–Crippen LogP) is 3.59. The van der Waals surface area contributed by atoms with Crippen LogP contribution in [0.1, 0.15) is 26.6 Å². The number of nitrogens with one attached hydrogen (secondary N) is 1. The Kier molecular flexibility index (Phi) is 6.18. The van der Waals surface area contributed by atoms with Crippen molar-refractivity contribution < 1.29 is 23.1 Å². The second-order valence-electron chi connectivity index (χ2n) is 6.24. The number of benzene rings is 2. The molecule has 0 aliphatic carbocycles. The maximum atomic E-state index is 13.8. The molecule has 3 rings (SSSR count). The van der Waals surface area contributed by atoms with Crippen LogP contribution in [0.4, 0.5) is 14.5 Å². The van der Waals surface area contributed by atoms with Gasteiger partial charge in [-0.3, -0.25) is 9.59 Å². The molecule has 1 aromatic heterocycles. The number of hydrogen-bond acceptors (Lipinski definition) is 5. The molecule has 0 bridgehead atoms. The fourth-order valence-corrected chi connectivity index (χ4v) is 3.17. The summed E-state index contributed by atoms with van der Waals surface area (Å²) in [5.41, 5.74) is 5.80. The molecule has 3 N–H and O–H groups in total. The molecular weight excluding hydrogens is 400 g/mol. The number of ether oxygens (including phenoxy) is 1. The van der Waals surface area contributed by atoms with E-state index in [1.54, 1.807) is 5.38 Å². The van der Waals surface area contributed by atoms with Crippen LogP contribution >= 0.6 is 11.3 Å². The fraction of sp³-hybridized carbons (Fsp3) is 0.150. The molecule has 2 aromatic carbocycles. The van der Waals surface area contributed by atoms with Crippen molar-refractivity contribution in [1.82, 2.24) is 4.98 Å². The van der Waals surface area contributed by atoms with Crippen LogP contribution in [0.25, 0.3) is 0 Å². The van der Waals surface area contributed by atoms with Crippen molar-refractivity contribution in [2.45, 2.75) is 20.0 Å². The highest BCUT2D eigenvalue weighted by Crippen LogP contribution is 2.20. The van der Waals surface area contributed by atoms with Crippen molar-refractivity contribution >= 4 is 28.8 Å². The van der Waals surface area contributed by atoms with Gasteiger partial charge in [0, 0.05) is 11.4 Å². The third-order valence-corrected chi connectivity index (χ3v) is 4.79. The lowest BCUT2D eigenvalue weighted by atomic mass is 10.1. The zero-order chi connectivity index (χ0) is 21.0. The molecule has 0 saturated heterocycles. The number of amides is 2. The number of anilines is 1. The molecule has 0 radical (unpaired) electrons. The Balaban J connectivity index is 1.59. The Bertz CT molecular complexity index is 1050. The van der Waals surface area contributed by atoms with Gasteiger partial charge in [0.05, 0.1) is 23.4 Å². The largest absolute Gasteiger partial charge is 0.486 e. The van der Waals surface area contributed by atoms with Crippen LogP contribution in [0.15, 0.2) is 41.8 Å². The number of carbonyl (C=O) groups is 2. The van der Waals surface area contributed by atoms with Gasteiger partial charge >= 0.3 is 0 Å². The Labute approximate surface area is 169 Å². The quantitative estimate of drug-likeness (QED) is 0.614. The maximum Gasteiger partial charge on any atom is 0.251 e. The number of nitrogens with zero attached hydrogens (tertiary/aromatic N) is 1. The van der Waals surface area contributed by atoms with Gasteiger partial charge in [0.25, 0.3) is 5.91 Å². The van der Waals surface area contributed by atoms with E-state index in [-0.39, 0.29) is 18.7 Å². The van der Waals surface area contributed by atoms with E-state index in [1.165, 1.54) is 11.3 Å². The second-order valence-corrected chi connectivity index (χ2v) is 7.18. The zero-order valence-corrected chi connectivity index (χ0v) is 16.2. The summed E-state index contributed by atoms with van der Waals surface area (Å²) in [5.74, 6) is -3.02. The number of aryl methyl sites for hydroxylation is 1. The number of thiazole rings is 1. The molecule has 0 fully saturated rings. The number of primary amides is 1. The number of nitrogens with two attached hydrogens (primary N) is 1. The minimum absolute atomic E-state index is 0.121. The van der Waals surface area contributed by atoms with Crippen molar-refractivity contribution in [3.8, 4) is 5.75 Å². The van der Waals surface area contributed by atoms with Crippen LogP contribution in [0.5, 0.6) is 5.75 Å². The van der Waals surface area contributed by atoms with Gasteiger partial charge in [-0.25, -0.2) is 13.8 Å². The first-order valence-corrected chi connectivity index (χ1v) is 9.41. The summed E-state index contributed by atoms with van der Waals surface area (Å²) >= 11 is 1.33. The molecule has 0 atom stereocenters. The molecule has 9 heteroatoms. The molecule has 1 heterocycles. The van der Waals surface area contributed by atoms with Crippen LogP contribution in [0, 0.1) is 18.6 Å². The fourth-order valence-electron chi connectivity index (χ4n) is 2.47. The van der Waals surface area contributed by atoms with Gasteiger partial charge < -0.3 is 15.8 Å². The zero-order valence-electron chi connectivity index (χ0n) is 15.4. The summed E-state index contributed by atoms with van der Waals surface area (Å²) < 4.78 is 33.0. The van der Waals surface area contributed by atoms with Gasteiger partial charge in [-0.1, -0.05) is 17.7 Å². The van der Waals surface area contributed by atoms with E-state index >= 15 is 0 Å². The van der Waals surface area contributed by atoms with Crippen LogP contribution < -0.4 is 15.8 Å². The Hall–Kier alpha value is -3.33. The SMILES string of the molecule is Cc1ccc(OCc2nc(CC(=O)Nc3cc(C(N)=O)c(F)cc3F)cs2)cc1. The molecule has 3 aromatic rings. The average Bonchev–Trinajstić information content (AvgIpc) is 3.10. The minimum Gasteiger partial charge on any atom is -0.486 e. The third kappa shape index (κ3) is 5.35. The molecule has 0 aliphatic rings. The summed E-state index contributed by atoms with van der Waals surface area (Å²) in [7, 11) is 0. The smallest absolute Gasteiger partial charge is 0.251 e. The Morgan fingerprint density at radius 2 is 1.90 bits per heavy atom. The number of carbonyl (C=O) groups excluding carboxylic acids is 2. The van der Waals surface area contributed by atoms with Gasteiger partial charge in [-0.2, -0.15) is 0 Å².